The zero-order valence-corrected chi connectivity index (χ0v) is 12.7. The number of carbonyl (C=O) groups excluding carboxylic acids is 1. The number of nitrogens with one attached hydrogen (secondary N) is 2. The smallest absolute Gasteiger partial charge is 0.408 e. The molecule has 22 heavy (non-hydrogen) atoms. The summed E-state index contributed by atoms with van der Waals surface area (Å²) in [4.78, 5) is 36.3. The van der Waals surface area contributed by atoms with Gasteiger partial charge in [-0.3, -0.25) is 0 Å². The van der Waals surface area contributed by atoms with E-state index < -0.39 is 28.7 Å². The third-order valence-electron chi connectivity index (χ3n) is 2.13. The lowest BCUT2D eigenvalue weighted by Gasteiger charge is -2.21. The molecule has 11 heteroatoms. The van der Waals surface area contributed by atoms with E-state index in [1.807, 2.05) is 0 Å². The SMILES string of the molecule is CC(C)(C)OC(=O)N[C@H](CCCN=C(N)N[N+](=O)[O-])C(=O)O. The van der Waals surface area contributed by atoms with Gasteiger partial charge < -0.3 is 20.9 Å². The van der Waals surface area contributed by atoms with Crippen LogP contribution in [0.4, 0.5) is 4.79 Å². The molecule has 1 amide bonds. The number of ether oxygens (including phenoxy) is 1. The summed E-state index contributed by atoms with van der Waals surface area (Å²) in [6, 6.07) is -1.14. The number of carboxylic acid groups (broad SMARTS) is 1. The second kappa shape index (κ2) is 8.64. The molecule has 0 aliphatic carbocycles. The Hall–Kier alpha value is -2.59. The van der Waals surface area contributed by atoms with Crippen LogP contribution in [-0.4, -0.2) is 46.3 Å². The summed E-state index contributed by atoms with van der Waals surface area (Å²) < 4.78 is 4.96. The number of amides is 1. The molecule has 0 unspecified atom stereocenters. The fourth-order valence-electron chi connectivity index (χ4n) is 1.33. The van der Waals surface area contributed by atoms with E-state index in [1.165, 1.54) is 0 Å². The van der Waals surface area contributed by atoms with Crippen molar-refractivity contribution in [2.24, 2.45) is 10.7 Å². The molecule has 0 bridgehead atoms. The van der Waals surface area contributed by atoms with Crippen LogP contribution >= 0.6 is 0 Å². The van der Waals surface area contributed by atoms with Crippen LogP contribution in [0.2, 0.25) is 0 Å². The van der Waals surface area contributed by atoms with E-state index in [0.29, 0.717) is 0 Å². The predicted molar refractivity (Wildman–Crippen MR) is 76.6 cm³/mol. The van der Waals surface area contributed by atoms with Crippen molar-refractivity contribution in [2.45, 2.75) is 45.3 Å². The second-order valence-corrected chi connectivity index (χ2v) is 5.32. The maximum Gasteiger partial charge on any atom is 0.408 e. The van der Waals surface area contributed by atoms with Crippen LogP contribution in [0.25, 0.3) is 0 Å². The Bertz CT molecular complexity index is 445. The van der Waals surface area contributed by atoms with E-state index >= 15 is 0 Å². The van der Waals surface area contributed by atoms with Gasteiger partial charge in [0, 0.05) is 6.54 Å². The summed E-state index contributed by atoms with van der Waals surface area (Å²) in [5.41, 5.74) is 6.11. The van der Waals surface area contributed by atoms with Gasteiger partial charge in [0.05, 0.1) is 0 Å². The number of alkyl carbamates (subject to hydrolysis) is 1. The van der Waals surface area contributed by atoms with E-state index in [4.69, 9.17) is 15.6 Å². The Kier molecular flexibility index (Phi) is 7.63. The molecular weight excluding hydrogens is 298 g/mol. The number of hydrazine groups is 1. The minimum atomic E-state index is -1.22. The summed E-state index contributed by atoms with van der Waals surface area (Å²) >= 11 is 0. The molecular formula is C11H21N5O6. The standard InChI is InChI=1S/C11H21N5O6/c1-11(2,3)22-10(19)14-7(8(17)18)5-4-6-13-9(12)15-16(20)21/h7H,4-6H2,1-3H3,(H,14,19)(H,17,18)(H3,12,13,15)/t7-/m1/s1. The predicted octanol–water partition coefficient (Wildman–Crippen LogP) is -0.159. The number of rotatable bonds is 7. The fourth-order valence-corrected chi connectivity index (χ4v) is 1.33. The molecule has 126 valence electrons. The van der Waals surface area contributed by atoms with Crippen molar-refractivity contribution in [1.29, 1.82) is 0 Å². The summed E-state index contributed by atoms with van der Waals surface area (Å²) in [5.74, 6) is -1.59. The molecule has 0 aliphatic rings. The van der Waals surface area contributed by atoms with Gasteiger partial charge in [0.15, 0.2) is 5.03 Å². The largest absolute Gasteiger partial charge is 0.480 e. The highest BCUT2D eigenvalue weighted by molar-refractivity contribution is 5.80. The molecule has 5 N–H and O–H groups in total. The van der Waals surface area contributed by atoms with Gasteiger partial charge in [-0.05, 0) is 33.6 Å². The van der Waals surface area contributed by atoms with Crippen molar-refractivity contribution in [3.8, 4) is 0 Å². The average Bonchev–Trinajstić information content (AvgIpc) is 2.29. The number of nitrogens with zero attached hydrogens (tertiary/aromatic N) is 2. The first-order chi connectivity index (χ1) is 10.0. The van der Waals surface area contributed by atoms with Crippen LogP contribution < -0.4 is 16.5 Å². The van der Waals surface area contributed by atoms with Gasteiger partial charge in [-0.25, -0.2) is 24.7 Å². The molecule has 0 aromatic rings. The van der Waals surface area contributed by atoms with Crippen LogP contribution in [0.15, 0.2) is 4.99 Å². The van der Waals surface area contributed by atoms with Crippen molar-refractivity contribution in [2.75, 3.05) is 6.54 Å². The van der Waals surface area contributed by atoms with Gasteiger partial charge in [0.2, 0.25) is 0 Å². The van der Waals surface area contributed by atoms with Crippen molar-refractivity contribution >= 4 is 18.0 Å². The van der Waals surface area contributed by atoms with Crippen LogP contribution in [0.1, 0.15) is 33.6 Å². The van der Waals surface area contributed by atoms with Gasteiger partial charge in [-0.2, -0.15) is 0 Å². The number of hydrogen-bond acceptors (Lipinski definition) is 6. The number of nitro groups is 1. The number of aliphatic imine (C=N–C) groups is 1. The topological polar surface area (TPSA) is 169 Å². The Morgan fingerprint density at radius 2 is 2.05 bits per heavy atom. The molecule has 0 fully saturated rings. The molecule has 0 saturated carbocycles. The minimum Gasteiger partial charge on any atom is -0.480 e. The van der Waals surface area contributed by atoms with Crippen LogP contribution in [0, 0.1) is 10.1 Å². The highest BCUT2D eigenvalue weighted by atomic mass is 16.7. The zero-order chi connectivity index (χ0) is 17.3. The molecule has 11 nitrogen and oxygen atoms in total. The zero-order valence-electron chi connectivity index (χ0n) is 12.7. The van der Waals surface area contributed by atoms with Crippen molar-refractivity contribution < 1.29 is 24.5 Å². The number of hydrogen-bond donors (Lipinski definition) is 4. The molecule has 0 aromatic carbocycles. The number of nitrogens with two attached hydrogens (primary N) is 1. The van der Waals surface area contributed by atoms with E-state index in [9.17, 15) is 19.7 Å². The van der Waals surface area contributed by atoms with Crippen molar-refractivity contribution in [1.82, 2.24) is 10.7 Å². The summed E-state index contributed by atoms with van der Waals surface area (Å²) in [5, 5.41) is 20.5. The monoisotopic (exact) mass is 319 g/mol. The first kappa shape index (κ1) is 19.4. The molecule has 0 rings (SSSR count). The first-order valence-electron chi connectivity index (χ1n) is 6.44. The van der Waals surface area contributed by atoms with Gasteiger partial charge in [-0.1, -0.05) is 5.43 Å². The Balaban J connectivity index is 4.29. The van der Waals surface area contributed by atoms with E-state index in [0.717, 1.165) is 0 Å². The molecule has 1 atom stereocenters. The lowest BCUT2D eigenvalue weighted by atomic mass is 10.1. The normalized spacial score (nSPS) is 13.1. The Morgan fingerprint density at radius 3 is 2.50 bits per heavy atom. The van der Waals surface area contributed by atoms with Gasteiger partial charge in [0.25, 0.3) is 5.96 Å². The fraction of sp³-hybridized carbons (Fsp3) is 0.727. The average molecular weight is 319 g/mol. The lowest BCUT2D eigenvalue weighted by molar-refractivity contribution is -0.525. The Labute approximate surface area is 127 Å². The van der Waals surface area contributed by atoms with Crippen molar-refractivity contribution in [3.05, 3.63) is 10.1 Å². The summed E-state index contributed by atoms with van der Waals surface area (Å²) in [6.45, 7) is 5.04. The molecule has 0 heterocycles. The number of guanidine groups is 1. The van der Waals surface area contributed by atoms with E-state index in [-0.39, 0.29) is 25.3 Å². The van der Waals surface area contributed by atoms with Gasteiger partial charge in [0.1, 0.15) is 11.6 Å². The summed E-state index contributed by atoms with van der Waals surface area (Å²) in [7, 11) is 0. The van der Waals surface area contributed by atoms with Crippen molar-refractivity contribution in [3.63, 3.8) is 0 Å². The van der Waals surface area contributed by atoms with Gasteiger partial charge >= 0.3 is 12.1 Å². The van der Waals surface area contributed by atoms with Crippen LogP contribution in [-0.2, 0) is 9.53 Å². The van der Waals surface area contributed by atoms with Crippen LogP contribution in [0.3, 0.4) is 0 Å². The first-order valence-corrected chi connectivity index (χ1v) is 6.44. The molecule has 0 spiro atoms. The second-order valence-electron chi connectivity index (χ2n) is 5.32. The van der Waals surface area contributed by atoms with E-state index in [1.54, 1.807) is 26.2 Å². The third kappa shape index (κ3) is 10.2. The molecule has 0 radical (unpaired) electrons. The minimum absolute atomic E-state index is 0.0732. The maximum atomic E-state index is 11.5. The highest BCUT2D eigenvalue weighted by Crippen LogP contribution is 2.07. The number of carbonyl (C=O) groups is 2. The molecule has 0 aromatic heterocycles. The quantitative estimate of drug-likeness (QED) is 0.165. The molecule has 0 aliphatic heterocycles. The number of aliphatic carboxylic acids is 1. The number of carboxylic acids is 1. The lowest BCUT2D eigenvalue weighted by Crippen LogP contribution is -2.43. The maximum absolute atomic E-state index is 11.5. The summed E-state index contributed by atoms with van der Waals surface area (Å²) in [6.07, 6.45) is -0.505. The molecule has 0 saturated heterocycles. The third-order valence-corrected chi connectivity index (χ3v) is 2.13. The Morgan fingerprint density at radius 1 is 1.45 bits per heavy atom. The van der Waals surface area contributed by atoms with Gasteiger partial charge in [-0.15, -0.1) is 0 Å². The highest BCUT2D eigenvalue weighted by Gasteiger charge is 2.23. The van der Waals surface area contributed by atoms with Crippen LogP contribution in [0.5, 0.6) is 0 Å². The van der Waals surface area contributed by atoms with E-state index in [2.05, 4.69) is 10.3 Å².